The van der Waals surface area contributed by atoms with E-state index in [2.05, 4.69) is 43.0 Å². The third-order valence-corrected chi connectivity index (χ3v) is 2.96. The Bertz CT molecular complexity index is 385. The number of hydrogen-bond acceptors (Lipinski definition) is 4. The lowest BCUT2D eigenvalue weighted by molar-refractivity contribution is 0.365. The van der Waals surface area contributed by atoms with Gasteiger partial charge in [-0.1, -0.05) is 27.7 Å². The lowest BCUT2D eigenvalue weighted by Gasteiger charge is -2.24. The molecule has 3 N–H and O–H groups in total. The van der Waals surface area contributed by atoms with Crippen LogP contribution in [0.15, 0.2) is 6.07 Å². The van der Waals surface area contributed by atoms with E-state index in [4.69, 9.17) is 5.73 Å². The van der Waals surface area contributed by atoms with Crippen LogP contribution in [0, 0.1) is 12.3 Å². The number of aromatic nitrogens is 2. The normalized spacial score (nSPS) is 11.9. The third kappa shape index (κ3) is 4.61. The highest BCUT2D eigenvalue weighted by Crippen LogP contribution is 2.20. The number of aryl methyl sites for hydroxylation is 1. The van der Waals surface area contributed by atoms with Crippen molar-refractivity contribution in [2.45, 2.75) is 47.0 Å². The molecule has 0 spiro atoms. The molecular weight excluding hydrogens is 224 g/mol. The van der Waals surface area contributed by atoms with Crippen molar-refractivity contribution in [3.63, 3.8) is 0 Å². The van der Waals surface area contributed by atoms with Crippen molar-refractivity contribution in [1.82, 2.24) is 9.97 Å². The molecule has 18 heavy (non-hydrogen) atoms. The smallest absolute Gasteiger partial charge is 0.133 e. The van der Waals surface area contributed by atoms with Gasteiger partial charge in [0.05, 0.1) is 0 Å². The summed E-state index contributed by atoms with van der Waals surface area (Å²) >= 11 is 0. The molecule has 0 amide bonds. The van der Waals surface area contributed by atoms with Crippen molar-refractivity contribution >= 4 is 5.82 Å². The van der Waals surface area contributed by atoms with E-state index in [1.54, 1.807) is 0 Å². The van der Waals surface area contributed by atoms with Gasteiger partial charge in [0.2, 0.25) is 0 Å². The van der Waals surface area contributed by atoms with Gasteiger partial charge < -0.3 is 11.1 Å². The molecule has 4 nitrogen and oxygen atoms in total. The van der Waals surface area contributed by atoms with Gasteiger partial charge in [0.25, 0.3) is 0 Å². The van der Waals surface area contributed by atoms with E-state index in [1.807, 2.05) is 13.0 Å². The summed E-state index contributed by atoms with van der Waals surface area (Å²) in [5.41, 5.74) is 6.81. The van der Waals surface area contributed by atoms with E-state index >= 15 is 0 Å². The molecule has 0 atom stereocenters. The number of hydrogen-bond donors (Lipinski definition) is 2. The fourth-order valence-electron chi connectivity index (χ4n) is 1.75. The third-order valence-electron chi connectivity index (χ3n) is 2.96. The lowest BCUT2D eigenvalue weighted by atomic mass is 9.89. The average Bonchev–Trinajstić information content (AvgIpc) is 2.26. The Balaban J connectivity index is 2.73. The number of rotatable bonds is 6. The van der Waals surface area contributed by atoms with Crippen molar-refractivity contribution in [3.8, 4) is 0 Å². The van der Waals surface area contributed by atoms with Crippen molar-refractivity contribution < 1.29 is 0 Å². The highest BCUT2D eigenvalue weighted by atomic mass is 15.0. The maximum absolute atomic E-state index is 5.62. The molecule has 0 aliphatic carbocycles. The zero-order valence-electron chi connectivity index (χ0n) is 12.2. The first-order valence-corrected chi connectivity index (χ1v) is 6.63. The second kappa shape index (κ2) is 6.14. The molecule has 0 bridgehead atoms. The Labute approximate surface area is 110 Å². The molecule has 0 aromatic carbocycles. The minimum Gasteiger partial charge on any atom is -0.369 e. The summed E-state index contributed by atoms with van der Waals surface area (Å²) in [6.07, 6.45) is 1.00. The monoisotopic (exact) mass is 250 g/mol. The van der Waals surface area contributed by atoms with Crippen molar-refractivity contribution in [1.29, 1.82) is 0 Å². The standard InChI is InChI=1S/C14H26N4/c1-10(2)13-17-11(3)8-12(18-13)16-9-14(4,5)6-7-15/h8,10H,6-7,9,15H2,1-5H3,(H,16,17,18). The number of anilines is 1. The summed E-state index contributed by atoms with van der Waals surface area (Å²) in [4.78, 5) is 8.99. The van der Waals surface area contributed by atoms with E-state index in [1.165, 1.54) is 0 Å². The summed E-state index contributed by atoms with van der Waals surface area (Å²) in [5, 5.41) is 3.40. The summed E-state index contributed by atoms with van der Waals surface area (Å²) in [7, 11) is 0. The van der Waals surface area contributed by atoms with Crippen LogP contribution in [0.5, 0.6) is 0 Å². The summed E-state index contributed by atoms with van der Waals surface area (Å²) in [6, 6.07) is 1.99. The second-order valence-electron chi connectivity index (χ2n) is 5.96. The lowest BCUT2D eigenvalue weighted by Crippen LogP contribution is -2.26. The fourth-order valence-corrected chi connectivity index (χ4v) is 1.75. The van der Waals surface area contributed by atoms with Crippen LogP contribution in [0.25, 0.3) is 0 Å². The summed E-state index contributed by atoms with van der Waals surface area (Å²) in [5.74, 6) is 2.16. The van der Waals surface area contributed by atoms with Crippen LogP contribution < -0.4 is 11.1 Å². The van der Waals surface area contributed by atoms with E-state index in [0.29, 0.717) is 12.5 Å². The molecule has 1 aromatic heterocycles. The van der Waals surface area contributed by atoms with Gasteiger partial charge in [-0.15, -0.1) is 0 Å². The van der Waals surface area contributed by atoms with E-state index in [9.17, 15) is 0 Å². The molecule has 102 valence electrons. The largest absolute Gasteiger partial charge is 0.369 e. The number of nitrogens with one attached hydrogen (secondary N) is 1. The molecule has 0 fully saturated rings. The van der Waals surface area contributed by atoms with Crippen LogP contribution in [-0.4, -0.2) is 23.1 Å². The van der Waals surface area contributed by atoms with Crippen LogP contribution in [0.4, 0.5) is 5.82 Å². The first kappa shape index (κ1) is 14.9. The minimum atomic E-state index is 0.186. The van der Waals surface area contributed by atoms with Crippen LogP contribution in [0.2, 0.25) is 0 Å². The summed E-state index contributed by atoms with van der Waals surface area (Å²) < 4.78 is 0. The predicted octanol–water partition coefficient (Wildman–Crippen LogP) is 2.70. The molecule has 0 unspecified atom stereocenters. The van der Waals surface area contributed by atoms with Gasteiger partial charge in [-0.3, -0.25) is 0 Å². The summed E-state index contributed by atoms with van der Waals surface area (Å²) in [6.45, 7) is 12.2. The Kier molecular flexibility index (Phi) is 5.08. The Morgan fingerprint density at radius 3 is 2.56 bits per heavy atom. The molecule has 1 aromatic rings. The number of nitrogens with two attached hydrogens (primary N) is 1. The van der Waals surface area contributed by atoms with Crippen LogP contribution in [0.1, 0.15) is 51.6 Å². The molecule has 0 saturated heterocycles. The van der Waals surface area contributed by atoms with Gasteiger partial charge in [-0.2, -0.15) is 0 Å². The van der Waals surface area contributed by atoms with Gasteiger partial charge in [0.1, 0.15) is 11.6 Å². The van der Waals surface area contributed by atoms with Crippen molar-refractivity contribution in [2.75, 3.05) is 18.4 Å². The van der Waals surface area contributed by atoms with Crippen LogP contribution in [0.3, 0.4) is 0 Å². The SMILES string of the molecule is Cc1cc(NCC(C)(C)CCN)nc(C(C)C)n1. The zero-order valence-corrected chi connectivity index (χ0v) is 12.2. The van der Waals surface area contributed by atoms with Gasteiger partial charge >= 0.3 is 0 Å². The maximum Gasteiger partial charge on any atom is 0.133 e. The second-order valence-corrected chi connectivity index (χ2v) is 5.96. The molecule has 0 aliphatic rings. The van der Waals surface area contributed by atoms with Crippen LogP contribution in [-0.2, 0) is 0 Å². The van der Waals surface area contributed by atoms with E-state index in [-0.39, 0.29) is 5.41 Å². The fraction of sp³-hybridized carbons (Fsp3) is 0.714. The van der Waals surface area contributed by atoms with Crippen molar-refractivity contribution in [3.05, 3.63) is 17.6 Å². The maximum atomic E-state index is 5.62. The topological polar surface area (TPSA) is 63.8 Å². The molecule has 4 heteroatoms. The highest BCUT2D eigenvalue weighted by Gasteiger charge is 2.17. The Morgan fingerprint density at radius 1 is 1.33 bits per heavy atom. The minimum absolute atomic E-state index is 0.186. The zero-order chi connectivity index (χ0) is 13.8. The van der Waals surface area contributed by atoms with E-state index < -0.39 is 0 Å². The van der Waals surface area contributed by atoms with E-state index in [0.717, 1.165) is 30.3 Å². The predicted molar refractivity (Wildman–Crippen MR) is 76.8 cm³/mol. The quantitative estimate of drug-likeness (QED) is 0.814. The number of nitrogens with zero attached hydrogens (tertiary/aromatic N) is 2. The molecule has 0 radical (unpaired) electrons. The van der Waals surface area contributed by atoms with Gasteiger partial charge in [-0.25, -0.2) is 9.97 Å². The highest BCUT2D eigenvalue weighted by molar-refractivity contribution is 5.36. The Morgan fingerprint density at radius 2 is 2.00 bits per heavy atom. The molecule has 1 rings (SSSR count). The van der Waals surface area contributed by atoms with Crippen molar-refractivity contribution in [2.24, 2.45) is 11.1 Å². The van der Waals surface area contributed by atoms with Gasteiger partial charge in [0, 0.05) is 24.2 Å². The Hall–Kier alpha value is -1.16. The average molecular weight is 250 g/mol. The van der Waals surface area contributed by atoms with Crippen LogP contribution >= 0.6 is 0 Å². The first-order chi connectivity index (χ1) is 8.34. The molecular formula is C14H26N4. The van der Waals surface area contributed by atoms with Gasteiger partial charge in [-0.05, 0) is 25.3 Å². The molecule has 1 heterocycles. The first-order valence-electron chi connectivity index (χ1n) is 6.63. The molecule has 0 saturated carbocycles. The molecule has 0 aliphatic heterocycles. The van der Waals surface area contributed by atoms with Gasteiger partial charge in [0.15, 0.2) is 0 Å².